The van der Waals surface area contributed by atoms with Gasteiger partial charge >= 0.3 is 0 Å². The van der Waals surface area contributed by atoms with E-state index in [9.17, 15) is 4.79 Å². The van der Waals surface area contributed by atoms with Gasteiger partial charge in [-0.05, 0) is 54.3 Å². The quantitative estimate of drug-likeness (QED) is 0.713. The van der Waals surface area contributed by atoms with Crippen LogP contribution in [0.15, 0.2) is 48.5 Å². The fourth-order valence-electron chi connectivity index (χ4n) is 3.27. The van der Waals surface area contributed by atoms with Crippen LogP contribution in [0, 0.1) is 0 Å². The Kier molecular flexibility index (Phi) is 5.84. The van der Waals surface area contributed by atoms with E-state index in [1.807, 2.05) is 53.4 Å². The lowest BCUT2D eigenvalue weighted by Gasteiger charge is -2.24. The van der Waals surface area contributed by atoms with Crippen molar-refractivity contribution in [2.75, 3.05) is 20.8 Å². The van der Waals surface area contributed by atoms with Crippen LogP contribution in [-0.4, -0.2) is 31.6 Å². The standard InChI is InChI=1S/C21H22ClNO3/c1-25-19-11-8-16(14-20(19)26-2)18-4-3-13-23(18)21(24)12-7-15-5-9-17(22)10-6-15/h5-12,14,18H,3-4,13H2,1-2H3/b12-7+. The van der Waals surface area contributed by atoms with Crippen molar-refractivity contribution in [3.05, 3.63) is 64.7 Å². The van der Waals surface area contributed by atoms with Crippen LogP contribution >= 0.6 is 11.6 Å². The lowest BCUT2D eigenvalue weighted by Crippen LogP contribution is -2.28. The van der Waals surface area contributed by atoms with Crippen LogP contribution in [0.2, 0.25) is 5.02 Å². The van der Waals surface area contributed by atoms with Crippen molar-refractivity contribution in [2.45, 2.75) is 18.9 Å². The van der Waals surface area contributed by atoms with Crippen molar-refractivity contribution in [3.63, 3.8) is 0 Å². The molecule has 1 saturated heterocycles. The van der Waals surface area contributed by atoms with Gasteiger partial charge in [0.25, 0.3) is 0 Å². The fourth-order valence-corrected chi connectivity index (χ4v) is 3.40. The molecule has 2 aromatic rings. The highest BCUT2D eigenvalue weighted by molar-refractivity contribution is 6.30. The van der Waals surface area contributed by atoms with Crippen LogP contribution in [0.4, 0.5) is 0 Å². The van der Waals surface area contributed by atoms with Crippen LogP contribution in [0.5, 0.6) is 11.5 Å². The topological polar surface area (TPSA) is 38.8 Å². The average Bonchev–Trinajstić information content (AvgIpc) is 3.16. The maximum atomic E-state index is 12.7. The van der Waals surface area contributed by atoms with E-state index in [1.165, 1.54) is 0 Å². The van der Waals surface area contributed by atoms with E-state index in [0.29, 0.717) is 16.5 Å². The first kappa shape index (κ1) is 18.3. The van der Waals surface area contributed by atoms with Gasteiger partial charge in [-0.3, -0.25) is 4.79 Å². The molecule has 1 fully saturated rings. The Morgan fingerprint density at radius 3 is 2.54 bits per heavy atom. The van der Waals surface area contributed by atoms with E-state index >= 15 is 0 Å². The van der Waals surface area contributed by atoms with Gasteiger partial charge < -0.3 is 14.4 Å². The summed E-state index contributed by atoms with van der Waals surface area (Å²) in [6.07, 6.45) is 5.38. The highest BCUT2D eigenvalue weighted by atomic mass is 35.5. The Morgan fingerprint density at radius 1 is 1.12 bits per heavy atom. The number of amides is 1. The Hall–Kier alpha value is -2.46. The number of ether oxygens (including phenoxy) is 2. The molecule has 1 atom stereocenters. The fraction of sp³-hybridized carbons (Fsp3) is 0.286. The molecule has 1 amide bonds. The predicted octanol–water partition coefficient (Wildman–Crippen LogP) is 4.73. The number of hydrogen-bond acceptors (Lipinski definition) is 3. The van der Waals surface area contributed by atoms with Gasteiger partial charge in [-0.1, -0.05) is 29.8 Å². The Labute approximate surface area is 159 Å². The van der Waals surface area contributed by atoms with Crippen molar-refractivity contribution < 1.29 is 14.3 Å². The van der Waals surface area contributed by atoms with Gasteiger partial charge in [-0.15, -0.1) is 0 Å². The number of benzene rings is 2. The van der Waals surface area contributed by atoms with E-state index in [1.54, 1.807) is 20.3 Å². The van der Waals surface area contributed by atoms with Gasteiger partial charge in [0.2, 0.25) is 5.91 Å². The molecule has 1 unspecified atom stereocenters. The molecule has 2 aromatic carbocycles. The zero-order chi connectivity index (χ0) is 18.5. The number of nitrogens with zero attached hydrogens (tertiary/aromatic N) is 1. The summed E-state index contributed by atoms with van der Waals surface area (Å²) in [5.74, 6) is 1.38. The molecule has 1 heterocycles. The summed E-state index contributed by atoms with van der Waals surface area (Å²) in [6, 6.07) is 13.3. The third kappa shape index (κ3) is 4.02. The van der Waals surface area contributed by atoms with Gasteiger partial charge in [-0.25, -0.2) is 0 Å². The van der Waals surface area contributed by atoms with E-state index in [0.717, 1.165) is 30.5 Å². The summed E-state index contributed by atoms with van der Waals surface area (Å²) in [6.45, 7) is 0.753. The lowest BCUT2D eigenvalue weighted by atomic mass is 10.0. The Morgan fingerprint density at radius 2 is 1.85 bits per heavy atom. The molecule has 1 aliphatic heterocycles. The van der Waals surface area contributed by atoms with Crippen molar-refractivity contribution in [2.24, 2.45) is 0 Å². The number of carbonyl (C=O) groups is 1. The Bertz CT molecular complexity index is 801. The summed E-state index contributed by atoms with van der Waals surface area (Å²) < 4.78 is 10.7. The van der Waals surface area contributed by atoms with Crippen LogP contribution in [0.1, 0.15) is 30.0 Å². The number of carbonyl (C=O) groups excluding carboxylic acids is 1. The minimum Gasteiger partial charge on any atom is -0.493 e. The number of hydrogen-bond donors (Lipinski definition) is 0. The third-order valence-electron chi connectivity index (χ3n) is 4.62. The highest BCUT2D eigenvalue weighted by Gasteiger charge is 2.29. The van der Waals surface area contributed by atoms with Crippen LogP contribution in [0.25, 0.3) is 6.08 Å². The van der Waals surface area contributed by atoms with Gasteiger partial charge in [-0.2, -0.15) is 0 Å². The summed E-state index contributed by atoms with van der Waals surface area (Å²) in [5, 5.41) is 0.682. The zero-order valence-electron chi connectivity index (χ0n) is 14.9. The number of rotatable bonds is 5. The molecule has 4 nitrogen and oxygen atoms in total. The first-order valence-electron chi connectivity index (χ1n) is 8.58. The van der Waals surface area contributed by atoms with Crippen LogP contribution in [-0.2, 0) is 4.79 Å². The smallest absolute Gasteiger partial charge is 0.247 e. The normalized spacial score (nSPS) is 16.9. The minimum atomic E-state index is 0.0113. The molecule has 1 aliphatic rings. The van der Waals surface area contributed by atoms with Gasteiger partial charge in [0.1, 0.15) is 0 Å². The zero-order valence-corrected chi connectivity index (χ0v) is 15.7. The molecule has 0 spiro atoms. The second kappa shape index (κ2) is 8.28. The molecule has 0 N–H and O–H groups in total. The van der Waals surface area contributed by atoms with Gasteiger partial charge in [0, 0.05) is 17.6 Å². The largest absolute Gasteiger partial charge is 0.493 e. The lowest BCUT2D eigenvalue weighted by molar-refractivity contribution is -0.126. The molecule has 0 aromatic heterocycles. The summed E-state index contributed by atoms with van der Waals surface area (Å²) >= 11 is 5.89. The van der Waals surface area contributed by atoms with E-state index < -0.39 is 0 Å². The van der Waals surface area contributed by atoms with Crippen molar-refractivity contribution >= 4 is 23.6 Å². The number of halogens is 1. The summed E-state index contributed by atoms with van der Waals surface area (Å²) in [5.41, 5.74) is 2.01. The average molecular weight is 372 g/mol. The van der Waals surface area contributed by atoms with Crippen molar-refractivity contribution in [1.82, 2.24) is 4.90 Å². The summed E-state index contributed by atoms with van der Waals surface area (Å²) in [4.78, 5) is 14.6. The maximum Gasteiger partial charge on any atom is 0.247 e. The van der Waals surface area contributed by atoms with Crippen LogP contribution in [0.3, 0.4) is 0 Å². The molecule has 5 heteroatoms. The van der Waals surface area contributed by atoms with E-state index in [-0.39, 0.29) is 11.9 Å². The molecule has 136 valence electrons. The maximum absolute atomic E-state index is 12.7. The minimum absolute atomic E-state index is 0.0113. The van der Waals surface area contributed by atoms with Crippen LogP contribution < -0.4 is 9.47 Å². The van der Waals surface area contributed by atoms with Crippen molar-refractivity contribution in [1.29, 1.82) is 0 Å². The predicted molar refractivity (Wildman–Crippen MR) is 104 cm³/mol. The summed E-state index contributed by atoms with van der Waals surface area (Å²) in [7, 11) is 3.23. The van der Waals surface area contributed by atoms with Gasteiger partial charge in [0.05, 0.1) is 20.3 Å². The molecule has 26 heavy (non-hydrogen) atoms. The second-order valence-electron chi connectivity index (χ2n) is 6.19. The van der Waals surface area contributed by atoms with Crippen molar-refractivity contribution in [3.8, 4) is 11.5 Å². The SMILES string of the molecule is COc1ccc(C2CCCN2C(=O)/C=C/c2ccc(Cl)cc2)cc1OC. The molecule has 0 radical (unpaired) electrons. The first-order chi connectivity index (χ1) is 12.6. The number of methoxy groups -OCH3 is 2. The Balaban J connectivity index is 1.77. The highest BCUT2D eigenvalue weighted by Crippen LogP contribution is 2.37. The number of likely N-dealkylation sites (tertiary alicyclic amines) is 1. The molecule has 3 rings (SSSR count). The molecule has 0 aliphatic carbocycles. The first-order valence-corrected chi connectivity index (χ1v) is 8.96. The molecular formula is C21H22ClNO3. The second-order valence-corrected chi connectivity index (χ2v) is 6.63. The monoisotopic (exact) mass is 371 g/mol. The van der Waals surface area contributed by atoms with E-state index in [4.69, 9.17) is 21.1 Å². The molecular weight excluding hydrogens is 350 g/mol. The van der Waals surface area contributed by atoms with E-state index in [2.05, 4.69) is 0 Å². The molecule has 0 saturated carbocycles. The van der Waals surface area contributed by atoms with Gasteiger partial charge in [0.15, 0.2) is 11.5 Å². The third-order valence-corrected chi connectivity index (χ3v) is 4.87. The molecule has 0 bridgehead atoms.